The largest absolute Gasteiger partial charge is 0.396 e. The van der Waals surface area contributed by atoms with Crippen LogP contribution in [-0.2, 0) is 0 Å². The summed E-state index contributed by atoms with van der Waals surface area (Å²) >= 11 is 4.92. The standard InChI is InChI=1S/C13H19N3OS/c14-13(18)10-5-6-12(15-9-10)16-7-1-3-11(16)4-2-8-17/h5-6,9,11,17H,1-4,7-8H2,(H2,14,18). The van der Waals surface area contributed by atoms with Crippen molar-refractivity contribution in [2.75, 3.05) is 18.1 Å². The number of nitrogens with zero attached hydrogens (tertiary/aromatic N) is 2. The van der Waals surface area contributed by atoms with Gasteiger partial charge in [-0.25, -0.2) is 4.98 Å². The van der Waals surface area contributed by atoms with E-state index in [1.54, 1.807) is 6.20 Å². The van der Waals surface area contributed by atoms with Crippen LogP contribution in [0, 0.1) is 0 Å². The number of anilines is 1. The Kier molecular flexibility index (Phi) is 4.49. The lowest BCUT2D eigenvalue weighted by Gasteiger charge is -2.25. The summed E-state index contributed by atoms with van der Waals surface area (Å²) in [7, 11) is 0. The molecular formula is C13H19N3OS. The maximum Gasteiger partial charge on any atom is 0.128 e. The zero-order chi connectivity index (χ0) is 13.0. The maximum absolute atomic E-state index is 8.92. The quantitative estimate of drug-likeness (QED) is 0.789. The zero-order valence-electron chi connectivity index (χ0n) is 10.4. The minimum absolute atomic E-state index is 0.262. The van der Waals surface area contributed by atoms with Gasteiger partial charge in [0.2, 0.25) is 0 Å². The van der Waals surface area contributed by atoms with Gasteiger partial charge < -0.3 is 15.7 Å². The van der Waals surface area contributed by atoms with Crippen LogP contribution in [0.4, 0.5) is 5.82 Å². The predicted octanol–water partition coefficient (Wildman–Crippen LogP) is 1.46. The minimum atomic E-state index is 0.262. The summed E-state index contributed by atoms with van der Waals surface area (Å²) in [6.07, 6.45) is 5.98. The van der Waals surface area contributed by atoms with Crippen LogP contribution in [-0.4, -0.2) is 34.3 Å². The number of hydrogen-bond acceptors (Lipinski definition) is 4. The van der Waals surface area contributed by atoms with E-state index in [9.17, 15) is 0 Å². The number of thiocarbonyl (C=S) groups is 1. The van der Waals surface area contributed by atoms with Crippen LogP contribution >= 0.6 is 12.2 Å². The Balaban J connectivity index is 2.07. The van der Waals surface area contributed by atoms with Gasteiger partial charge in [-0.3, -0.25) is 0 Å². The van der Waals surface area contributed by atoms with Crippen LogP contribution in [0.3, 0.4) is 0 Å². The lowest BCUT2D eigenvalue weighted by molar-refractivity contribution is 0.279. The molecule has 0 bridgehead atoms. The highest BCUT2D eigenvalue weighted by Gasteiger charge is 2.24. The molecule has 1 aromatic rings. The Labute approximate surface area is 113 Å². The second-order valence-corrected chi connectivity index (χ2v) is 5.06. The molecule has 0 radical (unpaired) electrons. The topological polar surface area (TPSA) is 62.4 Å². The Morgan fingerprint density at radius 2 is 2.39 bits per heavy atom. The first-order valence-electron chi connectivity index (χ1n) is 6.35. The molecule has 0 aliphatic carbocycles. The van der Waals surface area contributed by atoms with E-state index in [0.717, 1.165) is 30.8 Å². The second-order valence-electron chi connectivity index (χ2n) is 4.62. The predicted molar refractivity (Wildman–Crippen MR) is 76.8 cm³/mol. The Bertz CT molecular complexity index is 407. The number of pyridine rings is 1. The number of aromatic nitrogens is 1. The van der Waals surface area contributed by atoms with Gasteiger partial charge in [0.15, 0.2) is 0 Å². The van der Waals surface area contributed by atoms with Crippen molar-refractivity contribution in [3.8, 4) is 0 Å². The van der Waals surface area contributed by atoms with Gasteiger partial charge in [-0.2, -0.15) is 0 Å². The lowest BCUT2D eigenvalue weighted by Crippen LogP contribution is -2.30. The third kappa shape index (κ3) is 2.97. The summed E-state index contributed by atoms with van der Waals surface area (Å²) in [5, 5.41) is 8.92. The van der Waals surface area contributed by atoms with E-state index in [-0.39, 0.29) is 6.61 Å². The van der Waals surface area contributed by atoms with Crippen LogP contribution < -0.4 is 10.6 Å². The summed E-state index contributed by atoms with van der Waals surface area (Å²) < 4.78 is 0. The van der Waals surface area contributed by atoms with Crippen LogP contribution in [0.1, 0.15) is 31.2 Å². The van der Waals surface area contributed by atoms with E-state index in [2.05, 4.69) is 9.88 Å². The molecule has 1 aliphatic heterocycles. The molecule has 3 N–H and O–H groups in total. The van der Waals surface area contributed by atoms with E-state index in [0.29, 0.717) is 11.0 Å². The molecule has 4 nitrogen and oxygen atoms in total. The Morgan fingerprint density at radius 1 is 1.56 bits per heavy atom. The maximum atomic E-state index is 8.92. The van der Waals surface area contributed by atoms with Gasteiger partial charge in [0.1, 0.15) is 10.8 Å². The van der Waals surface area contributed by atoms with Crippen molar-refractivity contribution in [2.24, 2.45) is 5.73 Å². The smallest absolute Gasteiger partial charge is 0.128 e. The zero-order valence-corrected chi connectivity index (χ0v) is 11.2. The summed E-state index contributed by atoms with van der Waals surface area (Å²) in [6.45, 7) is 1.30. The summed E-state index contributed by atoms with van der Waals surface area (Å²) in [6, 6.07) is 4.40. The van der Waals surface area contributed by atoms with Gasteiger partial charge in [0.05, 0.1) is 0 Å². The van der Waals surface area contributed by atoms with Crippen LogP contribution in [0.15, 0.2) is 18.3 Å². The lowest BCUT2D eigenvalue weighted by atomic mass is 10.1. The molecule has 1 unspecified atom stereocenters. The highest BCUT2D eigenvalue weighted by Crippen LogP contribution is 2.26. The number of aliphatic hydroxyl groups is 1. The molecular weight excluding hydrogens is 246 g/mol. The van der Waals surface area contributed by atoms with Gasteiger partial charge in [0, 0.05) is 31.0 Å². The fourth-order valence-corrected chi connectivity index (χ4v) is 2.59. The molecule has 98 valence electrons. The first-order chi connectivity index (χ1) is 8.72. The molecule has 2 heterocycles. The number of hydrogen-bond donors (Lipinski definition) is 2. The van der Waals surface area contributed by atoms with Gasteiger partial charge in [-0.1, -0.05) is 12.2 Å². The van der Waals surface area contributed by atoms with Gasteiger partial charge in [-0.15, -0.1) is 0 Å². The van der Waals surface area contributed by atoms with E-state index in [1.807, 2.05) is 12.1 Å². The Morgan fingerprint density at radius 3 is 3.00 bits per heavy atom. The molecule has 5 heteroatoms. The molecule has 1 saturated heterocycles. The molecule has 1 fully saturated rings. The van der Waals surface area contributed by atoms with Crippen molar-refractivity contribution in [1.29, 1.82) is 0 Å². The highest BCUT2D eigenvalue weighted by atomic mass is 32.1. The number of nitrogens with two attached hydrogens (primary N) is 1. The molecule has 1 aromatic heterocycles. The van der Waals surface area contributed by atoms with Crippen molar-refractivity contribution in [3.05, 3.63) is 23.9 Å². The normalized spacial score (nSPS) is 19.2. The van der Waals surface area contributed by atoms with E-state index in [4.69, 9.17) is 23.1 Å². The third-order valence-corrected chi connectivity index (χ3v) is 3.63. The van der Waals surface area contributed by atoms with Gasteiger partial charge in [-0.05, 0) is 37.8 Å². The molecule has 2 rings (SSSR count). The highest BCUT2D eigenvalue weighted by molar-refractivity contribution is 7.80. The molecule has 1 aliphatic rings. The SMILES string of the molecule is NC(=S)c1ccc(N2CCCC2CCCO)nc1. The number of rotatable bonds is 5. The van der Waals surface area contributed by atoms with Crippen molar-refractivity contribution < 1.29 is 5.11 Å². The molecule has 1 atom stereocenters. The molecule has 18 heavy (non-hydrogen) atoms. The van der Waals surface area contributed by atoms with Crippen LogP contribution in [0.5, 0.6) is 0 Å². The van der Waals surface area contributed by atoms with Gasteiger partial charge >= 0.3 is 0 Å². The van der Waals surface area contributed by atoms with Crippen LogP contribution in [0.25, 0.3) is 0 Å². The molecule has 0 saturated carbocycles. The average Bonchev–Trinajstić information content (AvgIpc) is 2.84. The number of aliphatic hydroxyl groups excluding tert-OH is 1. The fraction of sp³-hybridized carbons (Fsp3) is 0.538. The van der Waals surface area contributed by atoms with E-state index in [1.165, 1.54) is 12.8 Å². The van der Waals surface area contributed by atoms with E-state index >= 15 is 0 Å². The van der Waals surface area contributed by atoms with Gasteiger partial charge in [0.25, 0.3) is 0 Å². The first kappa shape index (κ1) is 13.2. The first-order valence-corrected chi connectivity index (χ1v) is 6.76. The average molecular weight is 265 g/mol. The van der Waals surface area contributed by atoms with Crippen molar-refractivity contribution >= 4 is 23.0 Å². The van der Waals surface area contributed by atoms with Crippen molar-refractivity contribution in [1.82, 2.24) is 4.98 Å². The van der Waals surface area contributed by atoms with Crippen molar-refractivity contribution in [2.45, 2.75) is 31.7 Å². The molecule has 0 amide bonds. The molecule has 0 spiro atoms. The fourth-order valence-electron chi connectivity index (χ4n) is 2.47. The monoisotopic (exact) mass is 265 g/mol. The Hall–Kier alpha value is -1.20. The summed E-state index contributed by atoms with van der Waals surface area (Å²) in [4.78, 5) is 7.14. The summed E-state index contributed by atoms with van der Waals surface area (Å²) in [5.74, 6) is 0.982. The minimum Gasteiger partial charge on any atom is -0.396 e. The van der Waals surface area contributed by atoms with Crippen molar-refractivity contribution in [3.63, 3.8) is 0 Å². The molecule has 0 aromatic carbocycles. The second kappa shape index (κ2) is 6.11. The van der Waals surface area contributed by atoms with Crippen LogP contribution in [0.2, 0.25) is 0 Å². The third-order valence-electron chi connectivity index (χ3n) is 3.40. The van der Waals surface area contributed by atoms with E-state index < -0.39 is 0 Å². The summed E-state index contributed by atoms with van der Waals surface area (Å²) in [5.41, 5.74) is 6.37.